The van der Waals surface area contributed by atoms with Gasteiger partial charge in [0.1, 0.15) is 29.3 Å². The number of ether oxygens (including phenoxy) is 3. The van der Waals surface area contributed by atoms with Crippen LogP contribution in [0, 0.1) is 6.92 Å². The number of rotatable bonds is 5. The first-order valence-corrected chi connectivity index (χ1v) is 8.42. The Kier molecular flexibility index (Phi) is 5.37. The van der Waals surface area contributed by atoms with Gasteiger partial charge in [0.2, 0.25) is 0 Å². The van der Waals surface area contributed by atoms with E-state index in [1.54, 1.807) is 24.3 Å². The van der Waals surface area contributed by atoms with Crippen molar-refractivity contribution in [1.29, 1.82) is 0 Å². The lowest BCUT2D eigenvalue weighted by Gasteiger charge is -2.11. The summed E-state index contributed by atoms with van der Waals surface area (Å²) >= 11 is 6.17. The molecule has 0 fully saturated rings. The zero-order valence-corrected chi connectivity index (χ0v) is 15.8. The van der Waals surface area contributed by atoms with Crippen LogP contribution in [0.3, 0.4) is 0 Å². The van der Waals surface area contributed by atoms with Gasteiger partial charge >= 0.3 is 11.6 Å². The number of methoxy groups -OCH3 is 2. The molecule has 0 aliphatic rings. The van der Waals surface area contributed by atoms with Gasteiger partial charge in [-0.2, -0.15) is 0 Å². The maximum Gasteiger partial charge on any atom is 0.342 e. The van der Waals surface area contributed by atoms with Gasteiger partial charge in [0.25, 0.3) is 0 Å². The smallest absolute Gasteiger partial charge is 0.342 e. The van der Waals surface area contributed by atoms with Crippen LogP contribution >= 0.6 is 11.6 Å². The van der Waals surface area contributed by atoms with Crippen molar-refractivity contribution in [2.75, 3.05) is 14.2 Å². The third-order valence-electron chi connectivity index (χ3n) is 4.09. The Morgan fingerprint density at radius 1 is 1.11 bits per heavy atom. The highest BCUT2D eigenvalue weighted by atomic mass is 35.5. The molecule has 0 radical (unpaired) electrons. The first-order valence-electron chi connectivity index (χ1n) is 8.05. The van der Waals surface area contributed by atoms with E-state index in [1.165, 1.54) is 26.4 Å². The number of hydrogen-bond donors (Lipinski definition) is 0. The van der Waals surface area contributed by atoms with Crippen LogP contribution in [0.1, 0.15) is 21.5 Å². The second-order valence-corrected chi connectivity index (χ2v) is 6.24. The predicted octanol–water partition coefficient (Wildman–Crippen LogP) is 4.13. The molecular formula is C20H17ClO6. The van der Waals surface area contributed by atoms with Gasteiger partial charge in [0.05, 0.1) is 14.2 Å². The van der Waals surface area contributed by atoms with Gasteiger partial charge in [-0.25, -0.2) is 9.59 Å². The maximum atomic E-state index is 12.5. The van der Waals surface area contributed by atoms with E-state index in [9.17, 15) is 9.59 Å². The van der Waals surface area contributed by atoms with Gasteiger partial charge in [-0.3, -0.25) is 0 Å². The number of halogens is 1. The molecule has 0 spiro atoms. The summed E-state index contributed by atoms with van der Waals surface area (Å²) in [7, 11) is 2.96. The number of esters is 1. The predicted molar refractivity (Wildman–Crippen MR) is 101 cm³/mol. The summed E-state index contributed by atoms with van der Waals surface area (Å²) in [6.45, 7) is 1.68. The molecule has 0 amide bonds. The molecule has 0 saturated carbocycles. The Labute approximate surface area is 160 Å². The highest BCUT2D eigenvalue weighted by Gasteiger charge is 2.17. The van der Waals surface area contributed by atoms with E-state index in [-0.39, 0.29) is 12.2 Å². The molecule has 0 atom stereocenters. The lowest BCUT2D eigenvalue weighted by atomic mass is 10.1. The number of hydrogen-bond acceptors (Lipinski definition) is 6. The van der Waals surface area contributed by atoms with Crippen LogP contribution in [0.5, 0.6) is 11.5 Å². The van der Waals surface area contributed by atoms with Gasteiger partial charge < -0.3 is 18.6 Å². The number of fused-ring (bicyclic) bond motifs is 1. The van der Waals surface area contributed by atoms with E-state index in [4.69, 9.17) is 30.2 Å². The SMILES string of the molecule is COc1ccc(OC)c(C(=O)OCc2cc(=O)oc3cc(C)c(Cl)cc23)c1. The zero-order valence-electron chi connectivity index (χ0n) is 15.0. The largest absolute Gasteiger partial charge is 0.497 e. The zero-order chi connectivity index (χ0) is 19.6. The van der Waals surface area contributed by atoms with E-state index in [0.717, 1.165) is 5.56 Å². The average molecular weight is 389 g/mol. The molecule has 0 unspecified atom stereocenters. The highest BCUT2D eigenvalue weighted by Crippen LogP contribution is 2.27. The Balaban J connectivity index is 1.92. The van der Waals surface area contributed by atoms with Gasteiger partial charge in [0, 0.05) is 22.0 Å². The molecule has 1 heterocycles. The fourth-order valence-corrected chi connectivity index (χ4v) is 2.83. The van der Waals surface area contributed by atoms with Gasteiger partial charge in [0.15, 0.2) is 0 Å². The summed E-state index contributed by atoms with van der Waals surface area (Å²) in [4.78, 5) is 24.3. The van der Waals surface area contributed by atoms with Crippen LogP contribution in [0.15, 0.2) is 45.6 Å². The third-order valence-corrected chi connectivity index (χ3v) is 4.50. The number of aryl methyl sites for hydroxylation is 1. The van der Waals surface area contributed by atoms with E-state index < -0.39 is 11.6 Å². The minimum Gasteiger partial charge on any atom is -0.497 e. The molecule has 140 valence electrons. The molecule has 3 aromatic rings. The minimum absolute atomic E-state index is 0.124. The van der Waals surface area contributed by atoms with E-state index in [2.05, 4.69) is 0 Å². The molecule has 7 heteroatoms. The molecule has 3 rings (SSSR count). The first kappa shape index (κ1) is 18.8. The molecule has 0 bridgehead atoms. The van der Waals surface area contributed by atoms with Crippen LogP contribution < -0.4 is 15.1 Å². The minimum atomic E-state index is -0.606. The fraction of sp³-hybridized carbons (Fsp3) is 0.200. The van der Waals surface area contributed by atoms with Crippen LogP contribution in [-0.4, -0.2) is 20.2 Å². The van der Waals surface area contributed by atoms with Gasteiger partial charge in [-0.05, 0) is 42.8 Å². The van der Waals surface area contributed by atoms with E-state index in [1.807, 2.05) is 6.92 Å². The maximum absolute atomic E-state index is 12.5. The lowest BCUT2D eigenvalue weighted by molar-refractivity contribution is 0.0469. The Morgan fingerprint density at radius 3 is 2.59 bits per heavy atom. The molecule has 0 aliphatic heterocycles. The normalized spacial score (nSPS) is 10.7. The number of benzene rings is 2. The summed E-state index contributed by atoms with van der Waals surface area (Å²) in [5, 5.41) is 1.13. The highest BCUT2D eigenvalue weighted by molar-refractivity contribution is 6.32. The summed E-state index contributed by atoms with van der Waals surface area (Å²) in [5.74, 6) is 0.248. The van der Waals surface area contributed by atoms with Crippen LogP contribution in [-0.2, 0) is 11.3 Å². The fourth-order valence-electron chi connectivity index (χ4n) is 2.66. The first-order chi connectivity index (χ1) is 12.9. The molecule has 27 heavy (non-hydrogen) atoms. The van der Waals surface area contributed by atoms with Crippen molar-refractivity contribution in [2.24, 2.45) is 0 Å². The van der Waals surface area contributed by atoms with Crippen molar-refractivity contribution in [3.8, 4) is 11.5 Å². The monoisotopic (exact) mass is 388 g/mol. The van der Waals surface area contributed by atoms with Crippen molar-refractivity contribution in [3.05, 3.63) is 68.5 Å². The lowest BCUT2D eigenvalue weighted by Crippen LogP contribution is -2.09. The quantitative estimate of drug-likeness (QED) is 0.483. The summed E-state index contributed by atoms with van der Waals surface area (Å²) in [5.41, 5.74) is 1.35. The molecule has 0 saturated heterocycles. The van der Waals surface area contributed by atoms with Crippen LogP contribution in [0.2, 0.25) is 5.02 Å². The molecule has 0 aliphatic carbocycles. The molecule has 0 N–H and O–H groups in total. The standard InChI is InChI=1S/C20H17ClO6/c1-11-6-18-14(9-16(11)21)12(7-19(22)27-18)10-26-20(23)15-8-13(24-2)4-5-17(15)25-3/h4-9H,10H2,1-3H3. The van der Waals surface area contributed by atoms with Crippen molar-refractivity contribution in [3.63, 3.8) is 0 Å². The molecule has 1 aromatic heterocycles. The second kappa shape index (κ2) is 7.72. The summed E-state index contributed by atoms with van der Waals surface area (Å²) in [6.07, 6.45) is 0. The van der Waals surface area contributed by atoms with E-state index >= 15 is 0 Å². The van der Waals surface area contributed by atoms with Crippen LogP contribution in [0.4, 0.5) is 0 Å². The Hall–Kier alpha value is -2.99. The summed E-state index contributed by atoms with van der Waals surface area (Å²) in [6, 6.07) is 9.46. The van der Waals surface area contributed by atoms with Crippen molar-refractivity contribution in [2.45, 2.75) is 13.5 Å². The van der Waals surface area contributed by atoms with Crippen LogP contribution in [0.25, 0.3) is 11.0 Å². The third kappa shape index (κ3) is 3.90. The second-order valence-electron chi connectivity index (χ2n) is 5.83. The van der Waals surface area contributed by atoms with Crippen molar-refractivity contribution >= 4 is 28.5 Å². The topological polar surface area (TPSA) is 75.0 Å². The van der Waals surface area contributed by atoms with Crippen molar-refractivity contribution < 1.29 is 23.4 Å². The molecule has 6 nitrogen and oxygen atoms in total. The van der Waals surface area contributed by atoms with Gasteiger partial charge in [-0.1, -0.05) is 11.6 Å². The van der Waals surface area contributed by atoms with Crippen molar-refractivity contribution in [1.82, 2.24) is 0 Å². The Morgan fingerprint density at radius 2 is 1.89 bits per heavy atom. The number of carbonyl (C=O) groups is 1. The average Bonchev–Trinajstić information content (AvgIpc) is 2.66. The van der Waals surface area contributed by atoms with E-state index in [0.29, 0.717) is 33.1 Å². The molecular weight excluding hydrogens is 372 g/mol. The summed E-state index contributed by atoms with van der Waals surface area (Å²) < 4.78 is 20.9. The molecule has 2 aromatic carbocycles. The Bertz CT molecular complexity index is 1070. The van der Waals surface area contributed by atoms with Gasteiger partial charge in [-0.15, -0.1) is 0 Å². The number of carbonyl (C=O) groups excluding carboxylic acids is 1.